The molecular formula is C20H37N5O. The van der Waals surface area contributed by atoms with E-state index in [-0.39, 0.29) is 0 Å². The van der Waals surface area contributed by atoms with Crippen molar-refractivity contribution >= 4 is 5.96 Å². The van der Waals surface area contributed by atoms with Gasteiger partial charge in [-0.2, -0.15) is 0 Å². The first kappa shape index (κ1) is 22.2. The lowest BCUT2D eigenvalue weighted by Crippen LogP contribution is -2.42. The lowest BCUT2D eigenvalue weighted by atomic mass is 10.1. The van der Waals surface area contributed by atoms with Crippen LogP contribution in [0.15, 0.2) is 11.2 Å². The smallest absolute Gasteiger partial charge is 0.191 e. The molecule has 26 heavy (non-hydrogen) atoms. The molecule has 0 aromatic carbocycles. The van der Waals surface area contributed by atoms with Gasteiger partial charge in [0, 0.05) is 30.4 Å². The number of aliphatic imine (C=N–C) groups is 1. The summed E-state index contributed by atoms with van der Waals surface area (Å²) in [4.78, 5) is 11.3. The number of methoxy groups -OCH3 is 1. The van der Waals surface area contributed by atoms with Gasteiger partial charge in [0.15, 0.2) is 5.96 Å². The van der Waals surface area contributed by atoms with E-state index in [0.717, 1.165) is 54.6 Å². The maximum atomic E-state index is 5.48. The Morgan fingerprint density at radius 2 is 2.00 bits per heavy atom. The molecule has 0 aliphatic heterocycles. The van der Waals surface area contributed by atoms with Crippen LogP contribution in [0.25, 0.3) is 0 Å². The number of nitrogens with one attached hydrogen (secondary N) is 2. The number of rotatable bonds is 10. The van der Waals surface area contributed by atoms with Crippen LogP contribution in [0.4, 0.5) is 0 Å². The van der Waals surface area contributed by atoms with Gasteiger partial charge in [-0.25, -0.2) is 0 Å². The first-order chi connectivity index (χ1) is 12.5. The topological polar surface area (TPSA) is 61.8 Å². The Kier molecular flexibility index (Phi) is 10.0. The minimum absolute atomic E-state index is 0.373. The fraction of sp³-hybridized carbons (Fsp3) is 0.700. The molecule has 148 valence electrons. The third-order valence-corrected chi connectivity index (χ3v) is 4.79. The van der Waals surface area contributed by atoms with E-state index < -0.39 is 0 Å². The number of pyridine rings is 1. The SMILES string of the molecule is CCN(CC)CCCC(C)NC(=NC)NCc1ncc(C)c(OC)c1C. The largest absolute Gasteiger partial charge is 0.496 e. The molecule has 2 N–H and O–H groups in total. The number of aryl methyl sites for hydroxylation is 1. The molecule has 1 atom stereocenters. The molecule has 0 radical (unpaired) electrons. The summed E-state index contributed by atoms with van der Waals surface area (Å²) in [6.07, 6.45) is 4.16. The summed E-state index contributed by atoms with van der Waals surface area (Å²) in [5.74, 6) is 1.71. The van der Waals surface area contributed by atoms with Gasteiger partial charge in [-0.1, -0.05) is 13.8 Å². The van der Waals surface area contributed by atoms with E-state index in [2.05, 4.69) is 46.3 Å². The Morgan fingerprint density at radius 1 is 1.31 bits per heavy atom. The number of guanidine groups is 1. The van der Waals surface area contributed by atoms with Crippen molar-refractivity contribution in [2.24, 2.45) is 4.99 Å². The second kappa shape index (κ2) is 11.7. The Hall–Kier alpha value is -1.82. The summed E-state index contributed by atoms with van der Waals surface area (Å²) in [6, 6.07) is 0.373. The van der Waals surface area contributed by atoms with E-state index in [1.54, 1.807) is 14.2 Å². The van der Waals surface area contributed by atoms with Crippen LogP contribution in [-0.2, 0) is 6.54 Å². The summed E-state index contributed by atoms with van der Waals surface area (Å²) in [7, 11) is 3.50. The Morgan fingerprint density at radius 3 is 2.58 bits per heavy atom. The maximum absolute atomic E-state index is 5.48. The van der Waals surface area contributed by atoms with Gasteiger partial charge in [0.2, 0.25) is 0 Å². The minimum atomic E-state index is 0.373. The van der Waals surface area contributed by atoms with Crippen molar-refractivity contribution in [3.05, 3.63) is 23.0 Å². The maximum Gasteiger partial charge on any atom is 0.191 e. The molecule has 6 nitrogen and oxygen atoms in total. The average Bonchev–Trinajstić information content (AvgIpc) is 2.64. The van der Waals surface area contributed by atoms with E-state index >= 15 is 0 Å². The third kappa shape index (κ3) is 6.83. The summed E-state index contributed by atoms with van der Waals surface area (Å²) >= 11 is 0. The van der Waals surface area contributed by atoms with Crippen LogP contribution >= 0.6 is 0 Å². The fourth-order valence-corrected chi connectivity index (χ4v) is 3.08. The van der Waals surface area contributed by atoms with Gasteiger partial charge in [-0.05, 0) is 53.2 Å². The van der Waals surface area contributed by atoms with Gasteiger partial charge < -0.3 is 20.3 Å². The second-order valence-corrected chi connectivity index (χ2v) is 6.69. The number of ether oxygens (including phenoxy) is 1. The summed E-state index contributed by atoms with van der Waals surface area (Å²) < 4.78 is 5.48. The van der Waals surface area contributed by atoms with Crippen molar-refractivity contribution in [1.29, 1.82) is 0 Å². The van der Waals surface area contributed by atoms with Crippen molar-refractivity contribution in [3.63, 3.8) is 0 Å². The van der Waals surface area contributed by atoms with Crippen LogP contribution in [0.2, 0.25) is 0 Å². The first-order valence-corrected chi connectivity index (χ1v) is 9.65. The van der Waals surface area contributed by atoms with E-state index in [9.17, 15) is 0 Å². The van der Waals surface area contributed by atoms with Gasteiger partial charge in [-0.15, -0.1) is 0 Å². The van der Waals surface area contributed by atoms with E-state index in [1.165, 1.54) is 6.42 Å². The van der Waals surface area contributed by atoms with E-state index in [4.69, 9.17) is 4.74 Å². The standard InChI is InChI=1S/C20H37N5O/c1-8-25(9-2)12-10-11-16(4)24-20(21-6)23-14-18-17(5)19(26-7)15(3)13-22-18/h13,16H,8-12,14H2,1-7H3,(H2,21,23,24). The summed E-state index contributed by atoms with van der Waals surface area (Å²) in [5.41, 5.74) is 3.10. The molecule has 6 heteroatoms. The summed E-state index contributed by atoms with van der Waals surface area (Å²) in [6.45, 7) is 14.7. The van der Waals surface area contributed by atoms with Crippen LogP contribution in [0.3, 0.4) is 0 Å². The molecule has 1 aromatic rings. The zero-order valence-electron chi connectivity index (χ0n) is 17.6. The van der Waals surface area contributed by atoms with Crippen LogP contribution in [0.5, 0.6) is 5.75 Å². The number of nitrogens with zero attached hydrogens (tertiary/aromatic N) is 3. The highest BCUT2D eigenvalue weighted by molar-refractivity contribution is 5.79. The molecule has 0 bridgehead atoms. The first-order valence-electron chi connectivity index (χ1n) is 9.65. The van der Waals surface area contributed by atoms with E-state index in [0.29, 0.717) is 12.6 Å². The molecule has 0 spiro atoms. The highest BCUT2D eigenvalue weighted by atomic mass is 16.5. The molecule has 0 aliphatic carbocycles. The van der Waals surface area contributed by atoms with Gasteiger partial charge in [0.25, 0.3) is 0 Å². The molecule has 0 saturated heterocycles. The molecule has 1 rings (SSSR count). The minimum Gasteiger partial charge on any atom is -0.496 e. The quantitative estimate of drug-likeness (QED) is 0.494. The molecule has 0 fully saturated rings. The molecule has 0 saturated carbocycles. The predicted octanol–water partition coefficient (Wildman–Crippen LogP) is 2.88. The van der Waals surface area contributed by atoms with Crippen molar-refractivity contribution in [2.75, 3.05) is 33.8 Å². The number of hydrogen-bond donors (Lipinski definition) is 2. The molecule has 1 aromatic heterocycles. The van der Waals surface area contributed by atoms with Crippen molar-refractivity contribution < 1.29 is 4.74 Å². The lowest BCUT2D eigenvalue weighted by molar-refractivity contribution is 0.292. The Balaban J connectivity index is 2.51. The van der Waals surface area contributed by atoms with Gasteiger partial charge >= 0.3 is 0 Å². The lowest BCUT2D eigenvalue weighted by Gasteiger charge is -2.21. The molecular weight excluding hydrogens is 326 g/mol. The van der Waals surface area contributed by atoms with Crippen molar-refractivity contribution in [1.82, 2.24) is 20.5 Å². The molecule has 1 unspecified atom stereocenters. The van der Waals surface area contributed by atoms with Crippen molar-refractivity contribution in [3.8, 4) is 5.75 Å². The van der Waals surface area contributed by atoms with Crippen LogP contribution in [0, 0.1) is 13.8 Å². The Bertz CT molecular complexity index is 570. The zero-order chi connectivity index (χ0) is 19.5. The monoisotopic (exact) mass is 363 g/mol. The van der Waals surface area contributed by atoms with E-state index in [1.807, 2.05) is 20.0 Å². The second-order valence-electron chi connectivity index (χ2n) is 6.69. The van der Waals surface area contributed by atoms with Gasteiger partial charge in [-0.3, -0.25) is 9.98 Å². The number of aromatic nitrogens is 1. The average molecular weight is 364 g/mol. The van der Waals surface area contributed by atoms with Crippen LogP contribution in [0.1, 0.15) is 50.4 Å². The fourth-order valence-electron chi connectivity index (χ4n) is 3.08. The van der Waals surface area contributed by atoms with Gasteiger partial charge in [0.1, 0.15) is 5.75 Å². The Labute approximate surface area is 159 Å². The highest BCUT2D eigenvalue weighted by Gasteiger charge is 2.11. The van der Waals surface area contributed by atoms with Crippen LogP contribution < -0.4 is 15.4 Å². The highest BCUT2D eigenvalue weighted by Crippen LogP contribution is 2.23. The predicted molar refractivity (Wildman–Crippen MR) is 110 cm³/mol. The van der Waals surface area contributed by atoms with Crippen molar-refractivity contribution in [2.45, 2.75) is 60.0 Å². The van der Waals surface area contributed by atoms with Crippen LogP contribution in [-0.4, -0.2) is 55.7 Å². The molecule has 0 amide bonds. The zero-order valence-corrected chi connectivity index (χ0v) is 17.6. The van der Waals surface area contributed by atoms with Gasteiger partial charge in [0.05, 0.1) is 19.3 Å². The molecule has 1 heterocycles. The molecule has 0 aliphatic rings. The normalized spacial score (nSPS) is 13.0. The third-order valence-electron chi connectivity index (χ3n) is 4.79. The summed E-state index contributed by atoms with van der Waals surface area (Å²) in [5, 5.41) is 6.83. The number of hydrogen-bond acceptors (Lipinski definition) is 4.